The molecule has 0 radical (unpaired) electrons. The zero-order valence-electron chi connectivity index (χ0n) is 12.2. The highest BCUT2D eigenvalue weighted by Crippen LogP contribution is 2.28. The number of para-hydroxylation sites is 1. The summed E-state index contributed by atoms with van der Waals surface area (Å²) in [7, 11) is 0. The highest BCUT2D eigenvalue weighted by atomic mass is 35.5. The first-order chi connectivity index (χ1) is 11.2. The van der Waals surface area contributed by atoms with Crippen molar-refractivity contribution in [3.8, 4) is 12.1 Å². The molecule has 0 unspecified atom stereocenters. The SMILES string of the molecule is N#CCn1cc(C=C(C#N)c2ccccc2Cl)c2ccccc21. The molecule has 0 aliphatic carbocycles. The second kappa shape index (κ2) is 6.40. The Hall–Kier alpha value is -3.01. The van der Waals surface area contributed by atoms with Gasteiger partial charge in [0.2, 0.25) is 0 Å². The van der Waals surface area contributed by atoms with Crippen molar-refractivity contribution in [3.05, 3.63) is 70.9 Å². The van der Waals surface area contributed by atoms with Crippen molar-refractivity contribution in [2.45, 2.75) is 6.54 Å². The molecule has 0 N–H and O–H groups in total. The third kappa shape index (κ3) is 2.83. The first-order valence-corrected chi connectivity index (χ1v) is 7.44. The topological polar surface area (TPSA) is 52.5 Å². The van der Waals surface area contributed by atoms with Crippen molar-refractivity contribution in [2.24, 2.45) is 0 Å². The number of aromatic nitrogens is 1. The molecule has 0 aliphatic rings. The fraction of sp³-hybridized carbons (Fsp3) is 0.0526. The highest BCUT2D eigenvalue weighted by molar-refractivity contribution is 6.32. The molecule has 1 aromatic heterocycles. The largest absolute Gasteiger partial charge is 0.333 e. The summed E-state index contributed by atoms with van der Waals surface area (Å²) >= 11 is 6.20. The van der Waals surface area contributed by atoms with Gasteiger partial charge in [-0.3, -0.25) is 0 Å². The number of allylic oxidation sites excluding steroid dienone is 1. The lowest BCUT2D eigenvalue weighted by molar-refractivity contribution is 0.873. The fourth-order valence-electron chi connectivity index (χ4n) is 2.60. The van der Waals surface area contributed by atoms with Crippen LogP contribution in [-0.2, 0) is 6.54 Å². The number of nitriles is 2. The van der Waals surface area contributed by atoms with Crippen molar-refractivity contribution in [1.29, 1.82) is 10.5 Å². The Labute approximate surface area is 139 Å². The molecule has 0 spiro atoms. The molecular formula is C19H12ClN3. The smallest absolute Gasteiger partial charge is 0.110 e. The van der Waals surface area contributed by atoms with E-state index < -0.39 is 0 Å². The first-order valence-electron chi connectivity index (χ1n) is 7.06. The van der Waals surface area contributed by atoms with Gasteiger partial charge in [0, 0.05) is 33.2 Å². The van der Waals surface area contributed by atoms with Gasteiger partial charge in [-0.1, -0.05) is 48.0 Å². The Morgan fingerprint density at radius 3 is 2.57 bits per heavy atom. The second-order valence-electron chi connectivity index (χ2n) is 5.04. The van der Waals surface area contributed by atoms with E-state index in [1.54, 1.807) is 6.07 Å². The Morgan fingerprint density at radius 2 is 1.83 bits per heavy atom. The molecule has 0 fully saturated rings. The van der Waals surface area contributed by atoms with Crippen LogP contribution in [0.2, 0.25) is 5.02 Å². The van der Waals surface area contributed by atoms with Gasteiger partial charge in [-0.15, -0.1) is 0 Å². The second-order valence-corrected chi connectivity index (χ2v) is 5.44. The number of nitrogens with zero attached hydrogens (tertiary/aromatic N) is 3. The number of hydrogen-bond acceptors (Lipinski definition) is 2. The zero-order valence-corrected chi connectivity index (χ0v) is 13.0. The molecule has 0 atom stereocenters. The summed E-state index contributed by atoms with van der Waals surface area (Å²) in [6.07, 6.45) is 3.71. The number of hydrogen-bond donors (Lipinski definition) is 0. The average Bonchev–Trinajstić information content (AvgIpc) is 2.92. The summed E-state index contributed by atoms with van der Waals surface area (Å²) in [5.41, 5.74) is 3.06. The van der Waals surface area contributed by atoms with Crippen molar-refractivity contribution < 1.29 is 0 Å². The van der Waals surface area contributed by atoms with Gasteiger partial charge in [-0.2, -0.15) is 10.5 Å². The lowest BCUT2D eigenvalue weighted by Gasteiger charge is -2.01. The van der Waals surface area contributed by atoms with E-state index in [-0.39, 0.29) is 6.54 Å². The van der Waals surface area contributed by atoms with Crippen molar-refractivity contribution in [2.75, 3.05) is 0 Å². The summed E-state index contributed by atoms with van der Waals surface area (Å²) in [6.45, 7) is 0.266. The van der Waals surface area contributed by atoms with Gasteiger partial charge in [0.25, 0.3) is 0 Å². The van der Waals surface area contributed by atoms with Crippen molar-refractivity contribution in [1.82, 2.24) is 4.57 Å². The molecule has 0 amide bonds. The molecule has 0 saturated carbocycles. The van der Waals surface area contributed by atoms with E-state index in [0.717, 1.165) is 16.5 Å². The Balaban J connectivity index is 2.19. The molecule has 4 heteroatoms. The normalized spacial score (nSPS) is 11.2. The van der Waals surface area contributed by atoms with Crippen LogP contribution in [0.25, 0.3) is 22.6 Å². The molecule has 1 heterocycles. The number of benzene rings is 2. The van der Waals surface area contributed by atoms with Crippen LogP contribution in [0.15, 0.2) is 54.7 Å². The van der Waals surface area contributed by atoms with Gasteiger partial charge in [-0.25, -0.2) is 0 Å². The first kappa shape index (κ1) is 14.9. The molecule has 0 bridgehead atoms. The molecule has 3 aromatic rings. The summed E-state index contributed by atoms with van der Waals surface area (Å²) in [6, 6.07) is 19.5. The Bertz CT molecular complexity index is 984. The molecule has 23 heavy (non-hydrogen) atoms. The molecule has 0 aliphatic heterocycles. The maximum absolute atomic E-state index is 9.51. The van der Waals surface area contributed by atoms with Crippen LogP contribution in [0, 0.1) is 22.7 Å². The number of fused-ring (bicyclic) bond motifs is 1. The lowest BCUT2D eigenvalue weighted by Crippen LogP contribution is -1.91. The minimum absolute atomic E-state index is 0.266. The third-order valence-corrected chi connectivity index (χ3v) is 3.97. The van der Waals surface area contributed by atoms with E-state index in [2.05, 4.69) is 12.1 Å². The molecular weight excluding hydrogens is 306 g/mol. The average molecular weight is 318 g/mol. The van der Waals surface area contributed by atoms with Crippen LogP contribution in [0.1, 0.15) is 11.1 Å². The standard InChI is InChI=1S/C19H12ClN3/c20-18-7-3-1-5-16(18)14(12-22)11-15-13-23(10-9-21)19-8-4-2-6-17(15)19/h1-8,11,13H,10H2. The van der Waals surface area contributed by atoms with E-state index in [0.29, 0.717) is 16.2 Å². The molecule has 3 nitrogen and oxygen atoms in total. The zero-order chi connectivity index (χ0) is 16.2. The maximum Gasteiger partial charge on any atom is 0.110 e. The van der Waals surface area contributed by atoms with Crippen LogP contribution >= 0.6 is 11.6 Å². The van der Waals surface area contributed by atoms with E-state index in [1.165, 1.54) is 0 Å². The third-order valence-electron chi connectivity index (χ3n) is 3.64. The van der Waals surface area contributed by atoms with Crippen molar-refractivity contribution >= 4 is 34.2 Å². The summed E-state index contributed by atoms with van der Waals surface area (Å²) in [5, 5.41) is 20.0. The lowest BCUT2D eigenvalue weighted by atomic mass is 10.0. The van der Waals surface area contributed by atoms with Crippen LogP contribution < -0.4 is 0 Å². The number of rotatable bonds is 3. The minimum atomic E-state index is 0.266. The fourth-order valence-corrected chi connectivity index (χ4v) is 2.84. The van der Waals surface area contributed by atoms with Crippen LogP contribution in [-0.4, -0.2) is 4.57 Å². The van der Waals surface area contributed by atoms with Crippen molar-refractivity contribution in [3.63, 3.8) is 0 Å². The Kier molecular flexibility index (Phi) is 4.15. The summed E-state index contributed by atoms with van der Waals surface area (Å²) in [4.78, 5) is 0. The summed E-state index contributed by atoms with van der Waals surface area (Å²) < 4.78 is 1.88. The maximum atomic E-state index is 9.51. The molecule has 110 valence electrons. The molecule has 0 saturated heterocycles. The number of halogens is 1. The van der Waals surface area contributed by atoms with Crippen LogP contribution in [0.4, 0.5) is 0 Å². The van der Waals surface area contributed by atoms with Crippen LogP contribution in [0.3, 0.4) is 0 Å². The van der Waals surface area contributed by atoms with E-state index in [4.69, 9.17) is 16.9 Å². The van der Waals surface area contributed by atoms with Gasteiger partial charge in [0.15, 0.2) is 0 Å². The van der Waals surface area contributed by atoms with E-state index in [9.17, 15) is 5.26 Å². The predicted molar refractivity (Wildman–Crippen MR) is 92.5 cm³/mol. The van der Waals surface area contributed by atoms with Gasteiger partial charge in [-0.05, 0) is 18.2 Å². The van der Waals surface area contributed by atoms with Gasteiger partial charge in [0.05, 0.1) is 17.7 Å². The predicted octanol–water partition coefficient (Wildman–Crippen LogP) is 4.88. The van der Waals surface area contributed by atoms with Gasteiger partial charge < -0.3 is 4.57 Å². The molecule has 3 rings (SSSR count). The quantitative estimate of drug-likeness (QED) is 0.646. The monoisotopic (exact) mass is 317 g/mol. The van der Waals surface area contributed by atoms with Crippen LogP contribution in [0.5, 0.6) is 0 Å². The highest BCUT2D eigenvalue weighted by Gasteiger charge is 2.10. The van der Waals surface area contributed by atoms with Gasteiger partial charge in [0.1, 0.15) is 6.54 Å². The van der Waals surface area contributed by atoms with E-state index >= 15 is 0 Å². The van der Waals surface area contributed by atoms with Gasteiger partial charge >= 0.3 is 0 Å². The molecule has 2 aromatic carbocycles. The Morgan fingerprint density at radius 1 is 1.09 bits per heavy atom. The van der Waals surface area contributed by atoms with E-state index in [1.807, 2.05) is 59.3 Å². The minimum Gasteiger partial charge on any atom is -0.333 e. The summed E-state index contributed by atoms with van der Waals surface area (Å²) in [5.74, 6) is 0.